The van der Waals surface area contributed by atoms with Gasteiger partial charge in [-0.2, -0.15) is 0 Å². The van der Waals surface area contributed by atoms with Gasteiger partial charge >= 0.3 is 0 Å². The van der Waals surface area contributed by atoms with Crippen molar-refractivity contribution in [3.05, 3.63) is 29.8 Å². The predicted molar refractivity (Wildman–Crippen MR) is 80.4 cm³/mol. The van der Waals surface area contributed by atoms with Gasteiger partial charge in [0.25, 0.3) is 0 Å². The van der Waals surface area contributed by atoms with Crippen molar-refractivity contribution in [1.29, 1.82) is 0 Å². The van der Waals surface area contributed by atoms with Crippen molar-refractivity contribution in [1.82, 2.24) is 10.2 Å². The fourth-order valence-electron chi connectivity index (χ4n) is 1.65. The first-order valence-electron chi connectivity index (χ1n) is 6.15. The van der Waals surface area contributed by atoms with Crippen LogP contribution < -0.4 is 14.8 Å². The summed E-state index contributed by atoms with van der Waals surface area (Å²) in [6.07, 6.45) is 3.28. The lowest BCUT2D eigenvalue weighted by atomic mass is 10.2. The van der Waals surface area contributed by atoms with Crippen molar-refractivity contribution in [3.63, 3.8) is 0 Å². The zero-order chi connectivity index (χ0) is 13.7. The standard InChI is InChI=1S/C14H18N2O3.ClH/c1-16(2)8-7-15-14(17)6-4-11-3-5-12-13(9-11)19-10-18-12;/h3-6,9H,7-8,10H2,1-2H3,(H,15,17);1H/b6-4+;. The smallest absolute Gasteiger partial charge is 0.244 e. The van der Waals surface area contributed by atoms with Crippen LogP contribution >= 0.6 is 12.4 Å². The largest absolute Gasteiger partial charge is 0.454 e. The highest BCUT2D eigenvalue weighted by atomic mass is 35.5. The highest BCUT2D eigenvalue weighted by Crippen LogP contribution is 2.32. The van der Waals surface area contributed by atoms with Gasteiger partial charge in [-0.15, -0.1) is 12.4 Å². The van der Waals surface area contributed by atoms with Crippen molar-refractivity contribution in [3.8, 4) is 11.5 Å². The minimum Gasteiger partial charge on any atom is -0.454 e. The number of nitrogens with one attached hydrogen (secondary N) is 1. The highest BCUT2D eigenvalue weighted by molar-refractivity contribution is 5.91. The number of amides is 1. The molecule has 0 unspecified atom stereocenters. The maximum atomic E-state index is 11.6. The molecule has 0 atom stereocenters. The van der Waals surface area contributed by atoms with E-state index in [1.165, 1.54) is 6.08 Å². The number of halogens is 1. The molecule has 2 rings (SSSR count). The zero-order valence-electron chi connectivity index (χ0n) is 11.6. The number of likely N-dealkylation sites (N-methyl/N-ethyl adjacent to an activating group) is 1. The van der Waals surface area contributed by atoms with Crippen LogP contribution in [0.3, 0.4) is 0 Å². The Balaban J connectivity index is 0.00000200. The number of hydrogen-bond acceptors (Lipinski definition) is 4. The maximum absolute atomic E-state index is 11.6. The van der Waals surface area contributed by atoms with Crippen molar-refractivity contribution in [2.24, 2.45) is 0 Å². The number of nitrogens with zero attached hydrogens (tertiary/aromatic N) is 1. The summed E-state index contributed by atoms with van der Waals surface area (Å²) in [5.74, 6) is 1.36. The van der Waals surface area contributed by atoms with E-state index in [-0.39, 0.29) is 25.1 Å². The van der Waals surface area contributed by atoms with Crippen LogP contribution in [0.15, 0.2) is 24.3 Å². The third-order valence-electron chi connectivity index (χ3n) is 2.68. The van der Waals surface area contributed by atoms with E-state index in [4.69, 9.17) is 9.47 Å². The molecule has 1 aromatic carbocycles. The molecule has 1 N–H and O–H groups in total. The molecule has 0 radical (unpaired) electrons. The Morgan fingerprint density at radius 2 is 2.10 bits per heavy atom. The average Bonchev–Trinajstić information content (AvgIpc) is 2.83. The van der Waals surface area contributed by atoms with Gasteiger partial charge in [-0.3, -0.25) is 4.79 Å². The summed E-state index contributed by atoms with van der Waals surface area (Å²) in [7, 11) is 3.93. The predicted octanol–water partition coefficient (Wildman–Crippen LogP) is 1.53. The third-order valence-corrected chi connectivity index (χ3v) is 2.68. The van der Waals surface area contributed by atoms with Crippen LogP contribution in [0, 0.1) is 0 Å². The normalized spacial score (nSPS) is 12.6. The Morgan fingerprint density at radius 3 is 2.85 bits per heavy atom. The van der Waals surface area contributed by atoms with Crippen LogP contribution in [0.1, 0.15) is 5.56 Å². The van der Waals surface area contributed by atoms with Crippen molar-refractivity contribution < 1.29 is 14.3 Å². The molecule has 6 heteroatoms. The second kappa shape index (κ2) is 7.77. The van der Waals surface area contributed by atoms with Crippen LogP contribution in [0.25, 0.3) is 6.08 Å². The van der Waals surface area contributed by atoms with Crippen LogP contribution in [0.4, 0.5) is 0 Å². The van der Waals surface area contributed by atoms with Crippen LogP contribution in [-0.4, -0.2) is 44.8 Å². The number of rotatable bonds is 5. The van der Waals surface area contributed by atoms with E-state index in [1.54, 1.807) is 6.08 Å². The molecule has 1 heterocycles. The second-order valence-electron chi connectivity index (χ2n) is 4.54. The molecule has 0 aromatic heterocycles. The number of benzene rings is 1. The summed E-state index contributed by atoms with van der Waals surface area (Å²) < 4.78 is 10.5. The van der Waals surface area contributed by atoms with Crippen molar-refractivity contribution >= 4 is 24.4 Å². The third kappa shape index (κ3) is 4.75. The molecule has 0 bridgehead atoms. The molecule has 0 saturated carbocycles. The molecule has 1 aliphatic heterocycles. The number of carbonyl (C=O) groups excluding carboxylic acids is 1. The van der Waals surface area contributed by atoms with Gasteiger partial charge in [0.2, 0.25) is 12.7 Å². The SMILES string of the molecule is CN(C)CCNC(=O)/C=C/c1ccc2c(c1)OCO2.Cl. The molecule has 1 amide bonds. The summed E-state index contributed by atoms with van der Waals surface area (Å²) in [5.41, 5.74) is 0.909. The van der Waals surface area contributed by atoms with Crippen molar-refractivity contribution in [2.75, 3.05) is 34.0 Å². The molecule has 110 valence electrons. The lowest BCUT2D eigenvalue weighted by Gasteiger charge is -2.08. The molecule has 0 fully saturated rings. The molecule has 1 aliphatic rings. The summed E-state index contributed by atoms with van der Waals surface area (Å²) in [5, 5.41) is 2.81. The minimum absolute atomic E-state index is 0. The van der Waals surface area contributed by atoms with Crippen LogP contribution in [-0.2, 0) is 4.79 Å². The van der Waals surface area contributed by atoms with E-state index >= 15 is 0 Å². The molecule has 0 spiro atoms. The van der Waals surface area contributed by atoms with Gasteiger partial charge in [-0.25, -0.2) is 0 Å². The van der Waals surface area contributed by atoms with E-state index in [1.807, 2.05) is 37.2 Å². The minimum atomic E-state index is -0.0977. The van der Waals surface area contributed by atoms with E-state index < -0.39 is 0 Å². The monoisotopic (exact) mass is 298 g/mol. The molecule has 20 heavy (non-hydrogen) atoms. The van der Waals surface area contributed by atoms with Gasteiger partial charge in [-0.1, -0.05) is 6.07 Å². The van der Waals surface area contributed by atoms with E-state index in [9.17, 15) is 4.79 Å². The topological polar surface area (TPSA) is 50.8 Å². The Hall–Kier alpha value is -1.72. The first-order valence-corrected chi connectivity index (χ1v) is 6.15. The molecule has 1 aromatic rings. The number of hydrogen-bond donors (Lipinski definition) is 1. The first-order chi connectivity index (χ1) is 9.15. The summed E-state index contributed by atoms with van der Waals surface area (Å²) in [4.78, 5) is 13.6. The second-order valence-corrected chi connectivity index (χ2v) is 4.54. The van der Waals surface area contributed by atoms with Gasteiger partial charge < -0.3 is 19.7 Å². The van der Waals surface area contributed by atoms with Gasteiger partial charge in [0, 0.05) is 19.2 Å². The lowest BCUT2D eigenvalue weighted by molar-refractivity contribution is -0.116. The van der Waals surface area contributed by atoms with Gasteiger partial charge in [0.1, 0.15) is 0 Å². The fraction of sp³-hybridized carbons (Fsp3) is 0.357. The lowest BCUT2D eigenvalue weighted by Crippen LogP contribution is -2.30. The summed E-state index contributed by atoms with van der Waals surface area (Å²) >= 11 is 0. The molecule has 0 aliphatic carbocycles. The molecular weight excluding hydrogens is 280 g/mol. The number of fused-ring (bicyclic) bond motifs is 1. The Morgan fingerprint density at radius 1 is 1.35 bits per heavy atom. The van der Waals surface area contributed by atoms with Gasteiger partial charge in [-0.05, 0) is 37.9 Å². The maximum Gasteiger partial charge on any atom is 0.244 e. The molecule has 5 nitrogen and oxygen atoms in total. The Labute approximate surface area is 125 Å². The van der Waals surface area contributed by atoms with Crippen LogP contribution in [0.2, 0.25) is 0 Å². The Kier molecular flexibility index (Phi) is 6.35. The van der Waals surface area contributed by atoms with Gasteiger partial charge in [0.15, 0.2) is 11.5 Å². The van der Waals surface area contributed by atoms with Gasteiger partial charge in [0.05, 0.1) is 0 Å². The van der Waals surface area contributed by atoms with E-state index in [0.717, 1.165) is 23.6 Å². The van der Waals surface area contributed by atoms with Crippen molar-refractivity contribution in [2.45, 2.75) is 0 Å². The highest BCUT2D eigenvalue weighted by Gasteiger charge is 2.12. The van der Waals surface area contributed by atoms with E-state index in [0.29, 0.717) is 6.54 Å². The summed E-state index contributed by atoms with van der Waals surface area (Å²) in [6.45, 7) is 1.72. The molecular formula is C14H19ClN2O3. The van der Waals surface area contributed by atoms with Crippen LogP contribution in [0.5, 0.6) is 11.5 Å². The molecule has 0 saturated heterocycles. The first kappa shape index (κ1) is 16.3. The quantitative estimate of drug-likeness (QED) is 0.838. The van der Waals surface area contributed by atoms with E-state index in [2.05, 4.69) is 5.32 Å². The zero-order valence-corrected chi connectivity index (χ0v) is 12.4. The average molecular weight is 299 g/mol. The Bertz CT molecular complexity index is 489. The summed E-state index contributed by atoms with van der Waals surface area (Å²) in [6, 6.07) is 5.58. The fourth-order valence-corrected chi connectivity index (χ4v) is 1.65. The number of carbonyl (C=O) groups is 1. The number of ether oxygens (including phenoxy) is 2.